The second-order valence-electron chi connectivity index (χ2n) is 8.92. The Morgan fingerprint density at radius 3 is 2.31 bits per heavy atom. The standard InChI is InChI=1S/C25H30Cl2IN3O4S/c1-3-23(25(33)29-20-6-4-5-7-20)30(15-17-8-9-18(26)14-22(17)27)24(32)16-31(36(2,34)35)21-12-10-19(28)11-13-21/h8-14,20,23H,3-7,15-16H2,1-2H3,(H,29,33)/t23-/m0/s1. The van der Waals surface area contributed by atoms with Gasteiger partial charge in [0.25, 0.3) is 0 Å². The number of sulfonamides is 1. The predicted molar refractivity (Wildman–Crippen MR) is 153 cm³/mol. The molecule has 1 saturated carbocycles. The third kappa shape index (κ3) is 7.72. The summed E-state index contributed by atoms with van der Waals surface area (Å²) in [6.07, 6.45) is 5.36. The van der Waals surface area contributed by atoms with Crippen molar-refractivity contribution in [2.24, 2.45) is 0 Å². The molecule has 1 aliphatic rings. The molecule has 0 aromatic heterocycles. The molecular weight excluding hydrogens is 636 g/mol. The molecule has 36 heavy (non-hydrogen) atoms. The highest BCUT2D eigenvalue weighted by Gasteiger charge is 2.33. The van der Waals surface area contributed by atoms with Crippen LogP contribution in [0, 0.1) is 3.57 Å². The molecule has 0 radical (unpaired) electrons. The van der Waals surface area contributed by atoms with Crippen molar-refractivity contribution in [1.82, 2.24) is 10.2 Å². The molecular formula is C25H30Cl2IN3O4S. The van der Waals surface area contributed by atoms with Crippen LogP contribution < -0.4 is 9.62 Å². The molecule has 1 fully saturated rings. The molecule has 2 aromatic carbocycles. The van der Waals surface area contributed by atoms with Gasteiger partial charge in [0.15, 0.2) is 0 Å². The van der Waals surface area contributed by atoms with Crippen LogP contribution in [0.4, 0.5) is 5.69 Å². The molecule has 7 nitrogen and oxygen atoms in total. The van der Waals surface area contributed by atoms with Crippen molar-refractivity contribution in [3.8, 4) is 0 Å². The van der Waals surface area contributed by atoms with Crippen LogP contribution in [-0.2, 0) is 26.2 Å². The highest BCUT2D eigenvalue weighted by atomic mass is 127. The molecule has 3 rings (SSSR count). The fourth-order valence-electron chi connectivity index (χ4n) is 4.34. The zero-order valence-corrected chi connectivity index (χ0v) is 24.7. The summed E-state index contributed by atoms with van der Waals surface area (Å²) < 4.78 is 27.3. The van der Waals surface area contributed by atoms with Crippen molar-refractivity contribution in [2.75, 3.05) is 17.1 Å². The molecule has 196 valence electrons. The number of nitrogens with one attached hydrogen (secondary N) is 1. The number of hydrogen-bond acceptors (Lipinski definition) is 4. The van der Waals surface area contributed by atoms with Crippen LogP contribution in [0.5, 0.6) is 0 Å². The maximum atomic E-state index is 13.7. The summed E-state index contributed by atoms with van der Waals surface area (Å²) in [5, 5.41) is 3.89. The van der Waals surface area contributed by atoms with Gasteiger partial charge in [0.05, 0.1) is 11.9 Å². The van der Waals surface area contributed by atoms with Crippen LogP contribution >= 0.6 is 45.8 Å². The van der Waals surface area contributed by atoms with Gasteiger partial charge in [0.2, 0.25) is 21.8 Å². The Labute approximate surface area is 236 Å². The third-order valence-electron chi connectivity index (χ3n) is 6.24. The first kappa shape index (κ1) is 29.0. The lowest BCUT2D eigenvalue weighted by Gasteiger charge is -2.33. The van der Waals surface area contributed by atoms with Crippen LogP contribution in [-0.4, -0.2) is 50.0 Å². The fourth-order valence-corrected chi connectivity index (χ4v) is 6.02. The van der Waals surface area contributed by atoms with Gasteiger partial charge in [-0.2, -0.15) is 0 Å². The largest absolute Gasteiger partial charge is 0.352 e. The summed E-state index contributed by atoms with van der Waals surface area (Å²) in [6, 6.07) is 11.1. The van der Waals surface area contributed by atoms with E-state index in [-0.39, 0.29) is 18.5 Å². The lowest BCUT2D eigenvalue weighted by molar-refractivity contribution is -0.140. The lowest BCUT2D eigenvalue weighted by atomic mass is 10.1. The smallest absolute Gasteiger partial charge is 0.244 e. The van der Waals surface area contributed by atoms with E-state index in [1.165, 1.54) is 4.90 Å². The average molecular weight is 666 g/mol. The van der Waals surface area contributed by atoms with Crippen LogP contribution in [0.1, 0.15) is 44.6 Å². The van der Waals surface area contributed by atoms with E-state index in [0.717, 1.165) is 39.8 Å². The Morgan fingerprint density at radius 2 is 1.75 bits per heavy atom. The van der Waals surface area contributed by atoms with Crippen LogP contribution in [0.25, 0.3) is 0 Å². The van der Waals surface area contributed by atoms with Crippen molar-refractivity contribution in [3.63, 3.8) is 0 Å². The van der Waals surface area contributed by atoms with Crippen LogP contribution in [0.2, 0.25) is 10.0 Å². The number of anilines is 1. The molecule has 0 heterocycles. The van der Waals surface area contributed by atoms with Crippen LogP contribution in [0.3, 0.4) is 0 Å². The number of nitrogens with zero attached hydrogens (tertiary/aromatic N) is 2. The molecule has 11 heteroatoms. The lowest BCUT2D eigenvalue weighted by Crippen LogP contribution is -2.53. The van der Waals surface area contributed by atoms with Gasteiger partial charge in [-0.3, -0.25) is 13.9 Å². The van der Waals surface area contributed by atoms with E-state index in [2.05, 4.69) is 27.9 Å². The zero-order valence-electron chi connectivity index (χ0n) is 20.2. The van der Waals surface area contributed by atoms with E-state index >= 15 is 0 Å². The van der Waals surface area contributed by atoms with E-state index < -0.39 is 28.5 Å². The van der Waals surface area contributed by atoms with Crippen molar-refractivity contribution in [3.05, 3.63) is 61.6 Å². The van der Waals surface area contributed by atoms with E-state index in [1.54, 1.807) is 42.5 Å². The van der Waals surface area contributed by atoms with Gasteiger partial charge >= 0.3 is 0 Å². The monoisotopic (exact) mass is 665 g/mol. The SMILES string of the molecule is CC[C@@H](C(=O)NC1CCCC1)N(Cc1ccc(Cl)cc1Cl)C(=O)CN(c1ccc(I)cc1)S(C)(=O)=O. The summed E-state index contributed by atoms with van der Waals surface area (Å²) in [4.78, 5) is 28.5. The molecule has 0 bridgehead atoms. The number of carbonyl (C=O) groups is 2. The van der Waals surface area contributed by atoms with Gasteiger partial charge in [-0.05, 0) is 83.8 Å². The maximum Gasteiger partial charge on any atom is 0.244 e. The normalized spacial score (nSPS) is 14.9. The quantitative estimate of drug-likeness (QED) is 0.352. The first-order chi connectivity index (χ1) is 17.0. The summed E-state index contributed by atoms with van der Waals surface area (Å²) in [7, 11) is -3.78. The van der Waals surface area contributed by atoms with Gasteiger partial charge in [-0.25, -0.2) is 8.42 Å². The number of halogens is 3. The molecule has 1 aliphatic carbocycles. The van der Waals surface area contributed by atoms with E-state index in [1.807, 2.05) is 6.92 Å². The number of amides is 2. The van der Waals surface area contributed by atoms with Gasteiger partial charge < -0.3 is 10.2 Å². The minimum Gasteiger partial charge on any atom is -0.352 e. The van der Waals surface area contributed by atoms with E-state index in [4.69, 9.17) is 23.2 Å². The number of benzene rings is 2. The number of hydrogen-bond donors (Lipinski definition) is 1. The Hall–Kier alpha value is -1.56. The summed E-state index contributed by atoms with van der Waals surface area (Å²) >= 11 is 14.6. The van der Waals surface area contributed by atoms with Crippen molar-refractivity contribution in [1.29, 1.82) is 0 Å². The molecule has 1 N–H and O–H groups in total. The third-order valence-corrected chi connectivity index (χ3v) is 8.68. The van der Waals surface area contributed by atoms with E-state index in [0.29, 0.717) is 27.7 Å². The van der Waals surface area contributed by atoms with Crippen molar-refractivity contribution >= 4 is 73.3 Å². The molecule has 0 unspecified atom stereocenters. The molecule has 2 aromatic rings. The van der Waals surface area contributed by atoms with Gasteiger partial charge in [0.1, 0.15) is 12.6 Å². The van der Waals surface area contributed by atoms with E-state index in [9.17, 15) is 18.0 Å². The molecule has 0 aliphatic heterocycles. The minimum atomic E-state index is -3.78. The van der Waals surface area contributed by atoms with Crippen molar-refractivity contribution in [2.45, 2.75) is 57.7 Å². The fraction of sp³-hybridized carbons (Fsp3) is 0.440. The Morgan fingerprint density at radius 1 is 1.11 bits per heavy atom. The minimum absolute atomic E-state index is 0.0374. The molecule has 1 atom stereocenters. The summed E-state index contributed by atoms with van der Waals surface area (Å²) in [5.41, 5.74) is 0.987. The Bertz CT molecular complexity index is 1190. The highest BCUT2D eigenvalue weighted by molar-refractivity contribution is 14.1. The topological polar surface area (TPSA) is 86.8 Å². The first-order valence-electron chi connectivity index (χ1n) is 11.8. The first-order valence-corrected chi connectivity index (χ1v) is 15.4. The Balaban J connectivity index is 1.94. The van der Waals surface area contributed by atoms with Crippen molar-refractivity contribution < 1.29 is 18.0 Å². The summed E-state index contributed by atoms with van der Waals surface area (Å²) in [6.45, 7) is 1.42. The van der Waals surface area contributed by atoms with Gasteiger partial charge in [0, 0.05) is 26.2 Å². The number of carbonyl (C=O) groups excluding carboxylic acids is 2. The Kier molecular flexibility index (Phi) is 10.3. The predicted octanol–water partition coefficient (Wildman–Crippen LogP) is 5.23. The highest BCUT2D eigenvalue weighted by Crippen LogP contribution is 2.26. The second-order valence-corrected chi connectivity index (χ2v) is 12.9. The van der Waals surface area contributed by atoms with Crippen LogP contribution in [0.15, 0.2) is 42.5 Å². The summed E-state index contributed by atoms with van der Waals surface area (Å²) in [5.74, 6) is -0.749. The number of rotatable bonds is 10. The molecule has 2 amide bonds. The maximum absolute atomic E-state index is 13.7. The van der Waals surface area contributed by atoms with Gasteiger partial charge in [-0.1, -0.05) is 49.0 Å². The van der Waals surface area contributed by atoms with Gasteiger partial charge in [-0.15, -0.1) is 0 Å². The molecule has 0 saturated heterocycles. The molecule has 0 spiro atoms. The zero-order chi connectivity index (χ0) is 26.5. The second kappa shape index (κ2) is 12.8. The average Bonchev–Trinajstić information content (AvgIpc) is 3.31.